The minimum Gasteiger partial charge on any atom is -0.507 e. The number of ether oxygens (including phenoxy) is 4. The molecule has 2 amide bonds. The Labute approximate surface area is 480 Å². The number of carbonyl (C=O) groups is 7. The van der Waals surface area contributed by atoms with E-state index in [0.717, 1.165) is 19.3 Å². The number of carboxylic acids is 1. The van der Waals surface area contributed by atoms with E-state index < -0.39 is 135 Å². The van der Waals surface area contributed by atoms with Crippen LogP contribution in [0.15, 0.2) is 76.7 Å². The molecule has 1 saturated carbocycles. The number of halogens is 2. The third-order valence-electron chi connectivity index (χ3n) is 16.5. The highest BCUT2D eigenvalue weighted by atomic mass is 35.5. The lowest BCUT2D eigenvalue weighted by atomic mass is 9.81. The van der Waals surface area contributed by atoms with E-state index in [9.17, 15) is 54.0 Å². The van der Waals surface area contributed by atoms with Crippen molar-refractivity contribution in [1.29, 1.82) is 0 Å². The molecule has 83 heavy (non-hydrogen) atoms. The molecule has 7 aliphatic rings. The average Bonchev–Trinajstić information content (AvgIpc) is 2.33. The number of nitrogens with one attached hydrogen (secondary N) is 2. The molecule has 10 rings (SSSR count). The molecular weight excluding hydrogens is 1110 g/mol. The first-order valence-corrected chi connectivity index (χ1v) is 27.4. The van der Waals surface area contributed by atoms with Crippen LogP contribution in [-0.4, -0.2) is 153 Å². The van der Waals surface area contributed by atoms with E-state index in [1.807, 2.05) is 0 Å². The first-order chi connectivity index (χ1) is 39.2. The fourth-order valence-corrected chi connectivity index (χ4v) is 12.0. The van der Waals surface area contributed by atoms with Crippen molar-refractivity contribution in [3.8, 4) is 11.5 Å². The number of aromatic hydroxyl groups is 1. The van der Waals surface area contributed by atoms with E-state index in [2.05, 4.69) is 17.2 Å². The number of allylic oxidation sites excluding steroid dienone is 4. The van der Waals surface area contributed by atoms with E-state index in [4.69, 9.17) is 42.0 Å². The van der Waals surface area contributed by atoms with Crippen LogP contribution >= 0.6 is 11.6 Å². The third kappa shape index (κ3) is 10.9. The number of pyridine rings is 1. The summed E-state index contributed by atoms with van der Waals surface area (Å²) in [5.74, 6) is -11.9. The lowest BCUT2D eigenvalue weighted by Gasteiger charge is -2.37. The number of hydrogen-bond donors (Lipinski definition) is 8. The van der Waals surface area contributed by atoms with Crippen molar-refractivity contribution in [2.75, 3.05) is 38.2 Å². The van der Waals surface area contributed by atoms with Gasteiger partial charge in [0, 0.05) is 88.4 Å². The van der Waals surface area contributed by atoms with Gasteiger partial charge in [0.15, 0.2) is 0 Å². The number of aliphatic hydroxyl groups is 2. The van der Waals surface area contributed by atoms with Crippen molar-refractivity contribution in [2.45, 2.75) is 121 Å². The first kappa shape index (κ1) is 59.9. The number of likely N-dealkylation sites (tertiary alicyclic amines) is 1. The molecule has 1 unspecified atom stereocenters. The summed E-state index contributed by atoms with van der Waals surface area (Å²) in [6.07, 6.45) is 4.00. The molecule has 2 aromatic carbocycles. The van der Waals surface area contributed by atoms with Gasteiger partial charge in [-0.25, -0.2) is 9.18 Å². The summed E-state index contributed by atoms with van der Waals surface area (Å²) < 4.78 is 41.0. The number of benzene rings is 2. The predicted molar refractivity (Wildman–Crippen MR) is 297 cm³/mol. The van der Waals surface area contributed by atoms with Crippen LogP contribution in [0.4, 0.5) is 10.1 Å². The molecule has 0 spiro atoms. The normalized spacial score (nSPS) is 28.8. The smallest absolute Gasteiger partial charge is 0.341 e. The topological polar surface area (TPSA) is 342 Å². The van der Waals surface area contributed by atoms with Gasteiger partial charge in [0.25, 0.3) is 11.7 Å². The van der Waals surface area contributed by atoms with E-state index in [1.165, 1.54) is 63.3 Å². The predicted octanol–water partition coefficient (Wildman–Crippen LogP) is 3.51. The number of nitrogens with two attached hydrogens (primary N) is 2. The molecule has 3 aromatic rings. The summed E-state index contributed by atoms with van der Waals surface area (Å²) in [6.45, 7) is 10.9. The summed E-state index contributed by atoms with van der Waals surface area (Å²) in [4.78, 5) is 114. The number of phenolic OH excluding ortho intramolecular Hbond substituents is 1. The summed E-state index contributed by atoms with van der Waals surface area (Å²) in [5, 5.41) is 49.5. The minimum absolute atomic E-state index is 0.00994. The van der Waals surface area contributed by atoms with Crippen LogP contribution in [0, 0.1) is 24.6 Å². The molecule has 3 fully saturated rings. The second-order valence-corrected chi connectivity index (χ2v) is 22.4. The van der Waals surface area contributed by atoms with Crippen molar-refractivity contribution in [3.63, 3.8) is 0 Å². The Hall–Kier alpha value is -7.74. The van der Waals surface area contributed by atoms with Crippen molar-refractivity contribution < 1.29 is 77.3 Å². The number of rotatable bonds is 8. The van der Waals surface area contributed by atoms with Gasteiger partial charge >= 0.3 is 17.7 Å². The van der Waals surface area contributed by atoms with Crippen LogP contribution in [-0.2, 0) is 28.6 Å². The van der Waals surface area contributed by atoms with Gasteiger partial charge in [-0.15, -0.1) is 0 Å². The average molecular weight is 1170 g/mol. The number of methoxy groups -OCH3 is 1. The number of carbonyl (C=O) groups excluding carboxylic acids is 6. The molecule has 442 valence electrons. The number of aliphatic hydroxyl groups excluding tert-OH is 2. The minimum atomic E-state index is -2.24. The van der Waals surface area contributed by atoms with Gasteiger partial charge in [0.2, 0.25) is 22.9 Å². The lowest BCUT2D eigenvalue weighted by Crippen LogP contribution is -2.60. The standard InChI is InChI=1S/C58H65ClFN7O16/c1-24-9-8-10-25(2)55(76)64-42-45(65-17-13-29(14-18-65)56(77)63-30-15-19-66(22-30)44-34(60)21-32-43(39(44)59)67(31-11-12-31)23-33(48(32)71)57(78)79)50(73)36-37(49(42)72)47(70)27(4)52-38(36)54(75)58(6,83-52)81-20-16-35(80-7)26(3)53(82-28(5)68)41(62)51(74)40(61)46(24)69/h8-10,16,20-21,23,26,29-31,35,40-41,46,51,53,69-70,74H,1,11-15,17-19,22,61-62H2,2-7H3,(H,63,77)(H,64,76)(H,78,79)/b9-8+,20-16+,25-10-/t26-,30?,35+,40-,41-,46+,51-,53-,58+/m1/s1. The Bertz CT molecular complexity index is 3490. The van der Waals surface area contributed by atoms with Crippen molar-refractivity contribution in [2.24, 2.45) is 23.3 Å². The molecule has 10 N–H and O–H groups in total. The van der Waals surface area contributed by atoms with Crippen molar-refractivity contribution in [1.82, 2.24) is 20.1 Å². The summed E-state index contributed by atoms with van der Waals surface area (Å²) in [7, 11) is 1.32. The summed E-state index contributed by atoms with van der Waals surface area (Å²) in [5.41, 5.74) is 9.14. The number of piperidine rings is 1. The zero-order valence-electron chi connectivity index (χ0n) is 46.3. The Morgan fingerprint density at radius 1 is 0.976 bits per heavy atom. The molecule has 5 bridgehead atoms. The number of phenols is 1. The van der Waals surface area contributed by atoms with E-state index >= 15 is 9.18 Å². The fourth-order valence-electron chi connectivity index (χ4n) is 11.6. The van der Waals surface area contributed by atoms with Gasteiger partial charge < -0.3 is 75.8 Å². The Morgan fingerprint density at radius 2 is 1.65 bits per heavy atom. The number of amides is 2. The zero-order chi connectivity index (χ0) is 60.4. The highest BCUT2D eigenvalue weighted by Gasteiger charge is 2.53. The molecular formula is C58H65ClFN7O16. The van der Waals surface area contributed by atoms with Gasteiger partial charge in [-0.1, -0.05) is 43.3 Å². The fraction of sp³-hybridized carbons (Fsp3) is 0.448. The van der Waals surface area contributed by atoms with Crippen LogP contribution in [0.1, 0.15) is 113 Å². The molecule has 5 aliphatic heterocycles. The molecule has 6 heterocycles. The zero-order valence-corrected chi connectivity index (χ0v) is 47.1. The van der Waals surface area contributed by atoms with Crippen LogP contribution in [0.2, 0.25) is 5.02 Å². The highest BCUT2D eigenvalue weighted by molar-refractivity contribution is 6.38. The maximum absolute atomic E-state index is 16.0. The van der Waals surface area contributed by atoms with Crippen LogP contribution < -0.4 is 37.2 Å². The number of aromatic nitrogens is 1. The van der Waals surface area contributed by atoms with Gasteiger partial charge in [-0.3, -0.25) is 33.6 Å². The van der Waals surface area contributed by atoms with Crippen LogP contribution in [0.25, 0.3) is 10.9 Å². The Balaban J connectivity index is 1.00. The highest BCUT2D eigenvalue weighted by Crippen LogP contribution is 2.49. The van der Waals surface area contributed by atoms with Gasteiger partial charge in [0.1, 0.15) is 40.4 Å². The van der Waals surface area contributed by atoms with Gasteiger partial charge in [-0.05, 0) is 63.7 Å². The van der Waals surface area contributed by atoms with Crippen molar-refractivity contribution in [3.05, 3.63) is 121 Å². The quantitative estimate of drug-likeness (QED) is 0.150. The molecule has 2 saturated heterocycles. The second-order valence-electron chi connectivity index (χ2n) is 22.0. The van der Waals surface area contributed by atoms with E-state index in [1.54, 1.807) is 16.4 Å². The summed E-state index contributed by atoms with van der Waals surface area (Å²) in [6, 6.07) is -2.51. The maximum Gasteiger partial charge on any atom is 0.341 e. The van der Waals surface area contributed by atoms with Crippen LogP contribution in [0.3, 0.4) is 0 Å². The number of hydrogen-bond acceptors (Lipinski definition) is 19. The molecule has 0 radical (unpaired) electrons. The molecule has 25 heteroatoms. The number of Topliss-reactive ketones (excluding diaryl/α,β-unsaturated/α-hetero) is 3. The van der Waals surface area contributed by atoms with Crippen molar-refractivity contribution >= 4 is 69.3 Å². The Kier molecular flexibility index (Phi) is 16.7. The number of nitrogens with zero attached hydrogens (tertiary/aromatic N) is 3. The van der Waals surface area contributed by atoms with Gasteiger partial charge in [-0.2, -0.15) is 0 Å². The number of carboxylic acid groups (broad SMARTS) is 1. The molecule has 2 aliphatic carbocycles. The second kappa shape index (κ2) is 23.1. The monoisotopic (exact) mass is 1170 g/mol. The molecule has 23 nitrogen and oxygen atoms in total. The maximum atomic E-state index is 16.0. The molecule has 1 aromatic heterocycles. The number of esters is 1. The number of anilines is 1. The number of ketones is 3. The Morgan fingerprint density at radius 3 is 2.29 bits per heavy atom. The third-order valence-corrected chi connectivity index (χ3v) is 16.8. The summed E-state index contributed by atoms with van der Waals surface area (Å²) >= 11 is 6.90. The number of aromatic carboxylic acids is 1. The van der Waals surface area contributed by atoms with Crippen LogP contribution in [0.5, 0.6) is 11.5 Å². The van der Waals surface area contributed by atoms with E-state index in [-0.39, 0.29) is 106 Å². The van der Waals surface area contributed by atoms with Gasteiger partial charge in [0.05, 0.1) is 75.0 Å². The molecule has 9 atom stereocenters. The SMILES string of the molecule is C=C1/C=C/C=C(/C)C(=O)NC2=C(N3CCC(C(=O)NC4CCN(c5c(F)cc6c(=O)c(C(=O)O)cn(C7CC7)c6c5Cl)C4)CC3)C(=O)c3c(c(O)c(C)c4c3C(=O)[C@@](C)(O/C=C/[C@H](OC)[C@@H](C)[C@@H](OC(C)=O)[C@H](N)[C@H](O)[C@H](N)[C@H]1O)O4)C2=O. The first-order valence-electron chi connectivity index (χ1n) is 27.0. The lowest BCUT2D eigenvalue weighted by molar-refractivity contribution is -0.155. The van der Waals surface area contributed by atoms with E-state index in [0.29, 0.717) is 19.3 Å². The number of fused-ring (bicyclic) bond motifs is 15. The largest absolute Gasteiger partial charge is 0.507 e.